The third-order valence-electron chi connectivity index (χ3n) is 6.08. The van der Waals surface area contributed by atoms with E-state index in [0.29, 0.717) is 30.9 Å². The molecule has 0 aliphatic heterocycles. The van der Waals surface area contributed by atoms with Gasteiger partial charge in [-0.15, -0.1) is 0 Å². The summed E-state index contributed by atoms with van der Waals surface area (Å²) in [5.41, 5.74) is 2.54. The Morgan fingerprint density at radius 3 is 2.70 bits per heavy atom. The van der Waals surface area contributed by atoms with Gasteiger partial charge in [0.2, 0.25) is 5.91 Å². The summed E-state index contributed by atoms with van der Waals surface area (Å²) in [4.78, 5) is 17.4. The van der Waals surface area contributed by atoms with E-state index in [-0.39, 0.29) is 5.91 Å². The highest BCUT2D eigenvalue weighted by molar-refractivity contribution is 5.76. The van der Waals surface area contributed by atoms with Gasteiger partial charge in [-0.1, -0.05) is 13.8 Å². The van der Waals surface area contributed by atoms with Gasteiger partial charge in [-0.05, 0) is 52.1 Å². The molecule has 0 atom stereocenters. The molecule has 0 unspecified atom stereocenters. The number of aromatic nitrogens is 2. The van der Waals surface area contributed by atoms with E-state index in [1.807, 2.05) is 7.05 Å². The maximum absolute atomic E-state index is 12.9. The number of ether oxygens (including phenoxy) is 1. The van der Waals surface area contributed by atoms with Crippen molar-refractivity contribution in [2.75, 3.05) is 47.4 Å². The van der Waals surface area contributed by atoms with Crippen molar-refractivity contribution in [1.82, 2.24) is 25.3 Å². The van der Waals surface area contributed by atoms with Gasteiger partial charge in [-0.2, -0.15) is 5.10 Å². The average Bonchev–Trinajstić information content (AvgIpc) is 3.18. The van der Waals surface area contributed by atoms with Gasteiger partial charge in [0.25, 0.3) is 0 Å². The fourth-order valence-corrected chi connectivity index (χ4v) is 4.50. The van der Waals surface area contributed by atoms with Crippen LogP contribution < -0.4 is 5.32 Å². The van der Waals surface area contributed by atoms with Gasteiger partial charge < -0.3 is 19.9 Å². The van der Waals surface area contributed by atoms with Crippen LogP contribution >= 0.6 is 0 Å². The summed E-state index contributed by atoms with van der Waals surface area (Å²) in [6.45, 7) is 8.82. The van der Waals surface area contributed by atoms with Crippen molar-refractivity contribution < 1.29 is 9.53 Å². The molecule has 1 saturated carbocycles. The molecule has 1 aliphatic rings. The van der Waals surface area contributed by atoms with Gasteiger partial charge in [0.05, 0.1) is 5.69 Å². The standard InChI is InChI=1S/C23H43N5O2/c1-18(2)16-28(22(29)7-6-14-30-5)21-10-8-19(9-11-21)23-20(15-25-26-23)17-27(4)13-12-24-3/h15,18-19,21,24H,6-14,16-17H2,1-5H3,(H,25,26)/t19-,21+. The van der Waals surface area contributed by atoms with Crippen LogP contribution in [0.4, 0.5) is 0 Å². The molecule has 1 aliphatic carbocycles. The van der Waals surface area contributed by atoms with E-state index in [1.54, 1.807) is 7.11 Å². The molecule has 0 radical (unpaired) electrons. The highest BCUT2D eigenvalue weighted by Crippen LogP contribution is 2.36. The number of rotatable bonds is 13. The molecule has 1 aromatic heterocycles. The summed E-state index contributed by atoms with van der Waals surface area (Å²) < 4.78 is 5.13. The molecule has 0 aromatic carbocycles. The van der Waals surface area contributed by atoms with Crippen molar-refractivity contribution in [2.24, 2.45) is 5.92 Å². The van der Waals surface area contributed by atoms with Crippen LogP contribution in [-0.4, -0.2) is 79.4 Å². The number of carbonyl (C=O) groups excluding carboxylic acids is 1. The molecule has 0 bridgehead atoms. The predicted octanol–water partition coefficient (Wildman–Crippen LogP) is 3.00. The van der Waals surface area contributed by atoms with Gasteiger partial charge in [0, 0.05) is 70.0 Å². The Morgan fingerprint density at radius 1 is 1.33 bits per heavy atom. The predicted molar refractivity (Wildman–Crippen MR) is 122 cm³/mol. The first kappa shape index (κ1) is 24.8. The smallest absolute Gasteiger partial charge is 0.222 e. The number of nitrogens with zero attached hydrogens (tertiary/aromatic N) is 3. The molecule has 2 N–H and O–H groups in total. The Kier molecular flexibility index (Phi) is 10.8. The topological polar surface area (TPSA) is 73.5 Å². The minimum Gasteiger partial charge on any atom is -0.385 e. The molecular formula is C23H43N5O2. The minimum atomic E-state index is 0.288. The van der Waals surface area contributed by atoms with E-state index >= 15 is 0 Å². The van der Waals surface area contributed by atoms with Crippen molar-refractivity contribution >= 4 is 5.91 Å². The van der Waals surface area contributed by atoms with Gasteiger partial charge in [-0.3, -0.25) is 9.89 Å². The summed E-state index contributed by atoms with van der Waals surface area (Å²) in [6.07, 6.45) is 7.78. The molecular weight excluding hydrogens is 378 g/mol. The van der Waals surface area contributed by atoms with Crippen LogP contribution in [0.15, 0.2) is 6.20 Å². The van der Waals surface area contributed by atoms with Gasteiger partial charge in [0.15, 0.2) is 0 Å². The third-order valence-corrected chi connectivity index (χ3v) is 6.08. The lowest BCUT2D eigenvalue weighted by atomic mass is 9.82. The normalized spacial score (nSPS) is 19.6. The largest absolute Gasteiger partial charge is 0.385 e. The number of amides is 1. The molecule has 1 heterocycles. The molecule has 7 heteroatoms. The maximum Gasteiger partial charge on any atom is 0.222 e. The zero-order chi connectivity index (χ0) is 21.9. The number of H-pyrrole nitrogens is 1. The first-order chi connectivity index (χ1) is 14.5. The second-order valence-electron chi connectivity index (χ2n) is 9.18. The molecule has 7 nitrogen and oxygen atoms in total. The number of methoxy groups -OCH3 is 1. The zero-order valence-corrected chi connectivity index (χ0v) is 19.7. The highest BCUT2D eigenvalue weighted by Gasteiger charge is 2.31. The van der Waals surface area contributed by atoms with Gasteiger partial charge in [-0.25, -0.2) is 0 Å². The van der Waals surface area contributed by atoms with Crippen LogP contribution in [0, 0.1) is 5.92 Å². The molecule has 0 saturated heterocycles. The monoisotopic (exact) mass is 421 g/mol. The fourth-order valence-electron chi connectivity index (χ4n) is 4.50. The highest BCUT2D eigenvalue weighted by atomic mass is 16.5. The summed E-state index contributed by atoms with van der Waals surface area (Å²) in [5, 5.41) is 10.9. The van der Waals surface area contributed by atoms with Gasteiger partial charge in [0.1, 0.15) is 0 Å². The first-order valence-electron chi connectivity index (χ1n) is 11.6. The van der Waals surface area contributed by atoms with Gasteiger partial charge >= 0.3 is 0 Å². The Bertz CT molecular complexity index is 610. The van der Waals surface area contributed by atoms with Crippen LogP contribution in [0.25, 0.3) is 0 Å². The van der Waals surface area contributed by atoms with E-state index < -0.39 is 0 Å². The summed E-state index contributed by atoms with van der Waals surface area (Å²) in [6, 6.07) is 0.361. The van der Waals surface area contributed by atoms with E-state index in [1.165, 1.54) is 11.3 Å². The number of carbonyl (C=O) groups is 1. The van der Waals surface area contributed by atoms with Crippen LogP contribution in [0.3, 0.4) is 0 Å². The van der Waals surface area contributed by atoms with Crippen LogP contribution in [0.5, 0.6) is 0 Å². The maximum atomic E-state index is 12.9. The summed E-state index contributed by atoms with van der Waals surface area (Å²) >= 11 is 0. The zero-order valence-electron chi connectivity index (χ0n) is 19.7. The number of hydrogen-bond donors (Lipinski definition) is 2. The van der Waals surface area contributed by atoms with Crippen molar-refractivity contribution in [2.45, 2.75) is 70.9 Å². The molecule has 2 rings (SSSR count). The van der Waals surface area contributed by atoms with Crippen LogP contribution in [0.1, 0.15) is 69.5 Å². The Morgan fingerprint density at radius 2 is 2.07 bits per heavy atom. The van der Waals surface area contributed by atoms with Crippen LogP contribution in [0.2, 0.25) is 0 Å². The van der Waals surface area contributed by atoms with Crippen molar-refractivity contribution in [3.05, 3.63) is 17.5 Å². The number of hydrogen-bond acceptors (Lipinski definition) is 5. The molecule has 0 spiro atoms. The SMILES string of the molecule is CNCCN(C)Cc1c[nH]nc1[C@H]1CC[C@@H](N(CC(C)C)C(=O)CCCOC)CC1. The lowest BCUT2D eigenvalue weighted by Crippen LogP contribution is -2.44. The van der Waals surface area contributed by atoms with E-state index in [9.17, 15) is 4.79 Å². The summed E-state index contributed by atoms with van der Waals surface area (Å²) in [7, 11) is 5.84. The van der Waals surface area contributed by atoms with Crippen molar-refractivity contribution in [1.29, 1.82) is 0 Å². The summed E-state index contributed by atoms with van der Waals surface area (Å²) in [5.74, 6) is 1.26. The lowest BCUT2D eigenvalue weighted by molar-refractivity contribution is -0.135. The fraction of sp³-hybridized carbons (Fsp3) is 0.826. The number of likely N-dealkylation sites (N-methyl/N-ethyl adjacent to an activating group) is 2. The Balaban J connectivity index is 1.94. The van der Waals surface area contributed by atoms with E-state index in [2.05, 4.69) is 52.4 Å². The van der Waals surface area contributed by atoms with Crippen molar-refractivity contribution in [3.63, 3.8) is 0 Å². The minimum absolute atomic E-state index is 0.288. The van der Waals surface area contributed by atoms with Crippen LogP contribution in [-0.2, 0) is 16.1 Å². The quantitative estimate of drug-likeness (QED) is 0.479. The second-order valence-corrected chi connectivity index (χ2v) is 9.18. The number of nitrogens with one attached hydrogen (secondary N) is 2. The second kappa shape index (κ2) is 13.1. The lowest BCUT2D eigenvalue weighted by Gasteiger charge is -2.38. The van der Waals surface area contributed by atoms with E-state index in [0.717, 1.165) is 58.3 Å². The Labute approximate surface area is 182 Å². The molecule has 1 aromatic rings. The number of aromatic amines is 1. The first-order valence-corrected chi connectivity index (χ1v) is 11.6. The van der Waals surface area contributed by atoms with Crippen molar-refractivity contribution in [3.8, 4) is 0 Å². The molecule has 1 fully saturated rings. The average molecular weight is 422 g/mol. The molecule has 30 heavy (non-hydrogen) atoms. The third kappa shape index (κ3) is 7.67. The Hall–Kier alpha value is -1.44. The molecule has 1 amide bonds. The molecule has 172 valence electrons. The van der Waals surface area contributed by atoms with E-state index in [4.69, 9.17) is 4.74 Å².